The first kappa shape index (κ1) is 19.9. The van der Waals surface area contributed by atoms with E-state index in [1.54, 1.807) is 6.08 Å². The van der Waals surface area contributed by atoms with Crippen LogP contribution in [-0.2, 0) is 14.3 Å². The number of hydrogen-bond donors (Lipinski definition) is 1. The highest BCUT2D eigenvalue weighted by molar-refractivity contribution is 5.82. The Labute approximate surface area is 151 Å². The molecule has 2 rings (SSSR count). The topological polar surface area (TPSA) is 63.6 Å². The number of allylic oxidation sites excluding steroid dienone is 2. The van der Waals surface area contributed by atoms with E-state index in [0.717, 1.165) is 44.0 Å². The lowest BCUT2D eigenvalue weighted by molar-refractivity contribution is -0.139. The second kappa shape index (κ2) is 7.45. The number of ether oxygens (including phenoxy) is 1. The molecule has 5 atom stereocenters. The Morgan fingerprint density at radius 1 is 1.40 bits per heavy atom. The molecule has 0 amide bonds. The minimum Gasteiger partial charge on any atom is -0.466 e. The Morgan fingerprint density at radius 3 is 2.68 bits per heavy atom. The van der Waals surface area contributed by atoms with Crippen molar-refractivity contribution in [2.75, 3.05) is 7.11 Å². The predicted molar refractivity (Wildman–Crippen MR) is 97.9 cm³/mol. The fourth-order valence-corrected chi connectivity index (χ4v) is 5.48. The molecule has 1 saturated carbocycles. The molecule has 4 nitrogen and oxygen atoms in total. The summed E-state index contributed by atoms with van der Waals surface area (Å²) < 4.78 is 4.70. The zero-order valence-electron chi connectivity index (χ0n) is 16.2. The first-order valence-corrected chi connectivity index (χ1v) is 9.26. The average Bonchev–Trinajstić information content (AvgIpc) is 2.53. The van der Waals surface area contributed by atoms with Gasteiger partial charge in [0.1, 0.15) is 6.29 Å². The number of methoxy groups -OCH3 is 1. The number of rotatable bonds is 5. The lowest BCUT2D eigenvalue weighted by atomic mass is 9.47. The van der Waals surface area contributed by atoms with Crippen LogP contribution < -0.4 is 0 Å². The molecule has 0 saturated heterocycles. The number of fused-ring (bicyclic) bond motifs is 1. The summed E-state index contributed by atoms with van der Waals surface area (Å²) in [5.41, 5.74) is 1.63. The maximum absolute atomic E-state index is 11.8. The van der Waals surface area contributed by atoms with Gasteiger partial charge >= 0.3 is 5.97 Å². The van der Waals surface area contributed by atoms with Crippen LogP contribution in [-0.4, -0.2) is 30.6 Å². The molecular formula is C21H32O4. The van der Waals surface area contributed by atoms with Crippen molar-refractivity contribution in [3.63, 3.8) is 0 Å². The average molecular weight is 348 g/mol. The fraction of sp³-hybridized carbons (Fsp3) is 0.714. The molecule has 0 spiro atoms. The van der Waals surface area contributed by atoms with Crippen LogP contribution in [0.1, 0.15) is 59.8 Å². The standard InChI is InChI=1S/C21H32O4/c1-14(11-18(24)25-5)7-8-16-15(2)12-17(23)19-20(3,13-22)9-6-10-21(16,19)4/h11-13,16-17,19,23H,6-10H2,1-5H3/b14-11+/t16-,17-,19-,20-,21+/m1/s1. The molecule has 1 N–H and O–H groups in total. The van der Waals surface area contributed by atoms with Crippen LogP contribution in [0.5, 0.6) is 0 Å². The molecule has 0 aromatic carbocycles. The summed E-state index contributed by atoms with van der Waals surface area (Å²) in [7, 11) is 1.38. The Balaban J connectivity index is 2.28. The number of aliphatic hydroxyl groups is 1. The van der Waals surface area contributed by atoms with Crippen molar-refractivity contribution in [1.29, 1.82) is 0 Å². The van der Waals surface area contributed by atoms with Crippen molar-refractivity contribution in [3.05, 3.63) is 23.3 Å². The molecule has 0 radical (unpaired) electrons. The third kappa shape index (κ3) is 3.74. The Morgan fingerprint density at radius 2 is 2.08 bits per heavy atom. The molecule has 0 aliphatic heterocycles. The first-order valence-electron chi connectivity index (χ1n) is 9.26. The van der Waals surface area contributed by atoms with E-state index in [4.69, 9.17) is 4.74 Å². The third-order valence-electron chi connectivity index (χ3n) is 6.63. The number of carbonyl (C=O) groups excluding carboxylic acids is 2. The van der Waals surface area contributed by atoms with E-state index in [1.165, 1.54) is 12.7 Å². The normalized spacial score (nSPS) is 38.6. The van der Waals surface area contributed by atoms with Gasteiger partial charge in [0.2, 0.25) is 0 Å². The minimum atomic E-state index is -0.566. The van der Waals surface area contributed by atoms with Gasteiger partial charge in [-0.2, -0.15) is 0 Å². The molecule has 0 heterocycles. The third-order valence-corrected chi connectivity index (χ3v) is 6.63. The van der Waals surface area contributed by atoms with E-state index in [0.29, 0.717) is 5.92 Å². The molecular weight excluding hydrogens is 316 g/mol. The lowest BCUT2D eigenvalue weighted by Crippen LogP contribution is -2.55. The van der Waals surface area contributed by atoms with Gasteiger partial charge in [-0.1, -0.05) is 37.5 Å². The van der Waals surface area contributed by atoms with Crippen molar-refractivity contribution in [1.82, 2.24) is 0 Å². The summed E-state index contributed by atoms with van der Waals surface area (Å²) in [6, 6.07) is 0. The molecule has 2 aliphatic rings. The fourth-order valence-electron chi connectivity index (χ4n) is 5.48. The van der Waals surface area contributed by atoms with Gasteiger partial charge in [0.05, 0.1) is 13.2 Å². The van der Waals surface area contributed by atoms with E-state index in [-0.39, 0.29) is 17.3 Å². The number of aldehydes is 1. The highest BCUT2D eigenvalue weighted by Crippen LogP contribution is 2.60. The predicted octanol–water partition coefficient (Wildman–Crippen LogP) is 3.83. The molecule has 140 valence electrons. The van der Waals surface area contributed by atoms with E-state index in [9.17, 15) is 14.7 Å². The molecule has 1 fully saturated rings. The monoisotopic (exact) mass is 348 g/mol. The van der Waals surface area contributed by atoms with Crippen molar-refractivity contribution in [3.8, 4) is 0 Å². The SMILES string of the molecule is COC(=O)/C=C(\C)CC[C@@H]1C(C)=C[C@@H](O)[C@H]2[C@@]1(C)CCC[C@]2(C)C=O. The molecule has 25 heavy (non-hydrogen) atoms. The number of hydrogen-bond acceptors (Lipinski definition) is 4. The molecule has 2 aliphatic carbocycles. The summed E-state index contributed by atoms with van der Waals surface area (Å²) >= 11 is 0. The van der Waals surface area contributed by atoms with E-state index < -0.39 is 11.5 Å². The van der Waals surface area contributed by atoms with Gasteiger partial charge in [-0.3, -0.25) is 0 Å². The summed E-state index contributed by atoms with van der Waals surface area (Å²) in [5, 5.41) is 10.7. The Hall–Kier alpha value is -1.42. The van der Waals surface area contributed by atoms with E-state index >= 15 is 0 Å². The highest BCUT2D eigenvalue weighted by Gasteiger charge is 2.56. The largest absolute Gasteiger partial charge is 0.466 e. The van der Waals surface area contributed by atoms with Gasteiger partial charge in [-0.25, -0.2) is 4.79 Å². The molecule has 4 heteroatoms. The minimum absolute atomic E-state index is 0.0511. The molecule has 0 aromatic rings. The number of esters is 1. The van der Waals surface area contributed by atoms with E-state index in [2.05, 4.69) is 13.8 Å². The van der Waals surface area contributed by atoms with E-state index in [1.807, 2.05) is 19.9 Å². The van der Waals surface area contributed by atoms with Crippen LogP contribution in [0.3, 0.4) is 0 Å². The van der Waals surface area contributed by atoms with Gasteiger partial charge in [0, 0.05) is 17.4 Å². The van der Waals surface area contributed by atoms with Crippen LogP contribution in [0.15, 0.2) is 23.3 Å². The quantitative estimate of drug-likeness (QED) is 0.355. The van der Waals surface area contributed by atoms with Crippen LogP contribution in [0.4, 0.5) is 0 Å². The second-order valence-corrected chi connectivity index (χ2v) is 8.47. The van der Waals surface area contributed by atoms with Crippen molar-refractivity contribution in [2.45, 2.75) is 65.9 Å². The van der Waals surface area contributed by atoms with Crippen LogP contribution in [0.2, 0.25) is 0 Å². The van der Waals surface area contributed by atoms with Crippen molar-refractivity contribution in [2.24, 2.45) is 22.7 Å². The van der Waals surface area contributed by atoms with Crippen LogP contribution in [0, 0.1) is 22.7 Å². The Bertz CT molecular complexity index is 591. The van der Waals surface area contributed by atoms with Gasteiger partial charge in [-0.05, 0) is 50.9 Å². The van der Waals surface area contributed by atoms with Gasteiger partial charge < -0.3 is 14.6 Å². The lowest BCUT2D eigenvalue weighted by Gasteiger charge is -2.57. The smallest absolute Gasteiger partial charge is 0.330 e. The molecule has 0 unspecified atom stereocenters. The van der Waals surface area contributed by atoms with Gasteiger partial charge in [0.25, 0.3) is 0 Å². The van der Waals surface area contributed by atoms with Gasteiger partial charge in [-0.15, -0.1) is 0 Å². The molecule has 0 bridgehead atoms. The van der Waals surface area contributed by atoms with Gasteiger partial charge in [0.15, 0.2) is 0 Å². The maximum atomic E-state index is 11.8. The summed E-state index contributed by atoms with van der Waals surface area (Å²) in [6.45, 7) is 8.27. The first-order chi connectivity index (χ1) is 11.7. The number of aliphatic hydroxyl groups excluding tert-OH is 1. The summed E-state index contributed by atoms with van der Waals surface area (Å²) in [6.07, 6.45) is 8.58. The van der Waals surface area contributed by atoms with Crippen molar-refractivity contribution >= 4 is 12.3 Å². The maximum Gasteiger partial charge on any atom is 0.330 e. The number of carbonyl (C=O) groups is 2. The van der Waals surface area contributed by atoms with Crippen molar-refractivity contribution < 1.29 is 19.4 Å². The summed E-state index contributed by atoms with van der Waals surface area (Å²) in [4.78, 5) is 23.3. The highest BCUT2D eigenvalue weighted by atomic mass is 16.5. The molecule has 0 aromatic heterocycles. The van der Waals surface area contributed by atoms with Crippen LogP contribution in [0.25, 0.3) is 0 Å². The summed E-state index contributed by atoms with van der Waals surface area (Å²) in [5.74, 6) is -0.0644. The van der Waals surface area contributed by atoms with Crippen LogP contribution >= 0.6 is 0 Å². The zero-order valence-corrected chi connectivity index (χ0v) is 16.2. The Kier molecular flexibility index (Phi) is 5.93. The zero-order chi connectivity index (χ0) is 18.8. The second-order valence-electron chi connectivity index (χ2n) is 8.47.